The Bertz CT molecular complexity index is 820. The van der Waals surface area contributed by atoms with E-state index in [-0.39, 0.29) is 11.2 Å². The van der Waals surface area contributed by atoms with Crippen LogP contribution in [-0.4, -0.2) is 30.9 Å². The molecule has 7 heteroatoms. The Morgan fingerprint density at radius 1 is 1.12 bits per heavy atom. The summed E-state index contributed by atoms with van der Waals surface area (Å²) in [5, 5.41) is 11.7. The Hall–Kier alpha value is -2.67. The molecule has 0 radical (unpaired) electrons. The molecule has 0 aliphatic rings. The number of thioether (sulfide) groups is 1. The van der Waals surface area contributed by atoms with Crippen LogP contribution >= 0.6 is 11.8 Å². The molecule has 122 valence electrons. The third kappa shape index (κ3) is 3.62. The molecule has 2 aromatic heterocycles. The first-order valence-corrected chi connectivity index (χ1v) is 8.35. The van der Waals surface area contributed by atoms with Gasteiger partial charge in [-0.15, -0.1) is 10.2 Å². The van der Waals surface area contributed by atoms with Crippen LogP contribution in [0.2, 0.25) is 0 Å². The summed E-state index contributed by atoms with van der Waals surface area (Å²) in [6.07, 6.45) is 3.43. The number of para-hydroxylation sites is 1. The third-order valence-electron chi connectivity index (χ3n) is 3.47. The van der Waals surface area contributed by atoms with E-state index in [2.05, 4.69) is 20.5 Å². The first-order chi connectivity index (χ1) is 11.6. The smallest absolute Gasteiger partial charge is 0.237 e. The number of hydrogen-bond donors (Lipinski definition) is 1. The van der Waals surface area contributed by atoms with E-state index in [9.17, 15) is 4.79 Å². The van der Waals surface area contributed by atoms with Gasteiger partial charge in [-0.1, -0.05) is 30.0 Å². The minimum atomic E-state index is -0.293. The average Bonchev–Trinajstić information content (AvgIpc) is 2.97. The van der Waals surface area contributed by atoms with Gasteiger partial charge in [-0.25, -0.2) is 0 Å². The zero-order valence-corrected chi connectivity index (χ0v) is 14.2. The van der Waals surface area contributed by atoms with Crippen molar-refractivity contribution < 1.29 is 4.79 Å². The second-order valence-corrected chi connectivity index (χ2v) is 6.52. The zero-order valence-electron chi connectivity index (χ0n) is 13.4. The molecule has 6 nitrogen and oxygen atoms in total. The lowest BCUT2D eigenvalue weighted by molar-refractivity contribution is -0.115. The van der Waals surface area contributed by atoms with E-state index in [0.717, 1.165) is 17.1 Å². The number of carbonyl (C=O) groups is 1. The van der Waals surface area contributed by atoms with Crippen molar-refractivity contribution in [1.29, 1.82) is 0 Å². The van der Waals surface area contributed by atoms with Gasteiger partial charge in [0, 0.05) is 30.7 Å². The fourth-order valence-electron chi connectivity index (χ4n) is 2.15. The van der Waals surface area contributed by atoms with Gasteiger partial charge in [0.1, 0.15) is 0 Å². The number of hydrogen-bond acceptors (Lipinski definition) is 5. The van der Waals surface area contributed by atoms with Gasteiger partial charge in [0.15, 0.2) is 11.0 Å². The molecule has 0 fully saturated rings. The van der Waals surface area contributed by atoms with Gasteiger partial charge in [-0.05, 0) is 31.2 Å². The molecule has 0 aliphatic heterocycles. The number of anilines is 1. The molecule has 0 unspecified atom stereocenters. The fraction of sp³-hybridized carbons (Fsp3) is 0.176. The summed E-state index contributed by atoms with van der Waals surface area (Å²) in [5.74, 6) is 0.676. The van der Waals surface area contributed by atoms with Crippen molar-refractivity contribution in [3.05, 3.63) is 54.9 Å². The first-order valence-electron chi connectivity index (χ1n) is 7.47. The summed E-state index contributed by atoms with van der Waals surface area (Å²) in [6.45, 7) is 1.85. The minimum absolute atomic E-state index is 0.0698. The second kappa shape index (κ2) is 7.27. The van der Waals surface area contributed by atoms with Crippen molar-refractivity contribution in [2.45, 2.75) is 17.3 Å². The maximum Gasteiger partial charge on any atom is 0.237 e. The topological polar surface area (TPSA) is 72.7 Å². The number of nitrogens with one attached hydrogen (secondary N) is 1. The van der Waals surface area contributed by atoms with E-state index in [1.165, 1.54) is 11.8 Å². The molecule has 1 aromatic carbocycles. The van der Waals surface area contributed by atoms with Crippen molar-refractivity contribution in [3.8, 4) is 11.4 Å². The van der Waals surface area contributed by atoms with Gasteiger partial charge in [-0.2, -0.15) is 0 Å². The third-order valence-corrected chi connectivity index (χ3v) is 4.60. The number of aromatic nitrogens is 4. The number of benzene rings is 1. The predicted molar refractivity (Wildman–Crippen MR) is 94.6 cm³/mol. The summed E-state index contributed by atoms with van der Waals surface area (Å²) in [7, 11) is 1.89. The lowest BCUT2D eigenvalue weighted by atomic mass is 10.2. The monoisotopic (exact) mass is 339 g/mol. The van der Waals surface area contributed by atoms with E-state index in [4.69, 9.17) is 0 Å². The molecule has 3 rings (SSSR count). The normalized spacial score (nSPS) is 11.9. The van der Waals surface area contributed by atoms with Gasteiger partial charge in [0.2, 0.25) is 5.91 Å². The Labute approximate surface area is 144 Å². The van der Waals surface area contributed by atoms with Gasteiger partial charge in [0.05, 0.1) is 5.25 Å². The molecular formula is C17H17N5OS. The molecule has 1 N–H and O–H groups in total. The van der Waals surface area contributed by atoms with Crippen LogP contribution < -0.4 is 5.32 Å². The van der Waals surface area contributed by atoms with Crippen LogP contribution in [0.3, 0.4) is 0 Å². The Kier molecular flexibility index (Phi) is 4.90. The minimum Gasteiger partial charge on any atom is -0.325 e. The molecule has 0 spiro atoms. The van der Waals surface area contributed by atoms with Crippen LogP contribution in [0, 0.1) is 0 Å². The zero-order chi connectivity index (χ0) is 16.9. The number of nitrogens with zero attached hydrogens (tertiary/aromatic N) is 4. The van der Waals surface area contributed by atoms with Crippen LogP contribution in [0.4, 0.5) is 5.69 Å². The highest BCUT2D eigenvalue weighted by Gasteiger charge is 2.19. The Morgan fingerprint density at radius 2 is 1.83 bits per heavy atom. The molecule has 0 saturated heterocycles. The highest BCUT2D eigenvalue weighted by molar-refractivity contribution is 8.00. The summed E-state index contributed by atoms with van der Waals surface area (Å²) in [4.78, 5) is 16.3. The molecule has 0 bridgehead atoms. The van der Waals surface area contributed by atoms with Crippen LogP contribution in [0.25, 0.3) is 11.4 Å². The number of amides is 1. The van der Waals surface area contributed by atoms with E-state index in [0.29, 0.717) is 5.16 Å². The first kappa shape index (κ1) is 16.2. The predicted octanol–water partition coefficient (Wildman–Crippen LogP) is 3.00. The highest BCUT2D eigenvalue weighted by atomic mass is 32.2. The average molecular weight is 339 g/mol. The summed E-state index contributed by atoms with van der Waals surface area (Å²) in [5.41, 5.74) is 1.72. The maximum atomic E-state index is 12.3. The lowest BCUT2D eigenvalue weighted by Crippen LogP contribution is -2.22. The van der Waals surface area contributed by atoms with Crippen molar-refractivity contribution in [1.82, 2.24) is 19.7 Å². The van der Waals surface area contributed by atoms with Gasteiger partial charge >= 0.3 is 0 Å². The maximum absolute atomic E-state index is 12.3. The lowest BCUT2D eigenvalue weighted by Gasteiger charge is -2.11. The molecule has 0 aliphatic carbocycles. The molecule has 24 heavy (non-hydrogen) atoms. The second-order valence-electron chi connectivity index (χ2n) is 5.22. The summed E-state index contributed by atoms with van der Waals surface area (Å²) >= 11 is 1.37. The van der Waals surface area contributed by atoms with Crippen LogP contribution in [0.1, 0.15) is 6.92 Å². The Balaban J connectivity index is 1.70. The largest absolute Gasteiger partial charge is 0.325 e. The van der Waals surface area contributed by atoms with Crippen LogP contribution in [-0.2, 0) is 11.8 Å². The number of pyridine rings is 1. The molecule has 1 atom stereocenters. The molecular weight excluding hydrogens is 322 g/mol. The molecule has 2 heterocycles. The molecule has 3 aromatic rings. The van der Waals surface area contributed by atoms with E-state index < -0.39 is 0 Å². The quantitative estimate of drug-likeness (QED) is 0.724. The Morgan fingerprint density at radius 3 is 2.54 bits per heavy atom. The van der Waals surface area contributed by atoms with Gasteiger partial charge in [0.25, 0.3) is 0 Å². The van der Waals surface area contributed by atoms with Crippen molar-refractivity contribution in [2.75, 3.05) is 5.32 Å². The summed E-state index contributed by atoms with van der Waals surface area (Å²) < 4.78 is 1.88. The van der Waals surface area contributed by atoms with Crippen LogP contribution in [0.15, 0.2) is 60.0 Å². The standard InChI is InChI=1S/C17H17N5OS/c1-12(16(23)19-14-6-4-3-5-7-14)24-17-21-20-15(22(17)2)13-8-10-18-11-9-13/h3-12H,1-2H3,(H,19,23)/t12-/m1/s1. The van der Waals surface area contributed by atoms with Crippen molar-refractivity contribution >= 4 is 23.4 Å². The summed E-state index contributed by atoms with van der Waals surface area (Å²) in [6, 6.07) is 13.2. The fourth-order valence-corrected chi connectivity index (χ4v) is 2.96. The highest BCUT2D eigenvalue weighted by Crippen LogP contribution is 2.25. The molecule has 0 saturated carbocycles. The van der Waals surface area contributed by atoms with E-state index in [1.54, 1.807) is 12.4 Å². The SMILES string of the molecule is C[C@@H](Sc1nnc(-c2ccncc2)n1C)C(=O)Nc1ccccc1. The molecule has 1 amide bonds. The van der Waals surface area contributed by atoms with Crippen molar-refractivity contribution in [2.24, 2.45) is 7.05 Å². The number of carbonyl (C=O) groups excluding carboxylic acids is 1. The van der Waals surface area contributed by atoms with Crippen LogP contribution in [0.5, 0.6) is 0 Å². The number of rotatable bonds is 5. The van der Waals surface area contributed by atoms with Gasteiger partial charge < -0.3 is 9.88 Å². The van der Waals surface area contributed by atoms with E-state index >= 15 is 0 Å². The van der Waals surface area contributed by atoms with Gasteiger partial charge in [-0.3, -0.25) is 9.78 Å². The van der Waals surface area contributed by atoms with E-state index in [1.807, 2.05) is 61.0 Å². The van der Waals surface area contributed by atoms with Crippen molar-refractivity contribution in [3.63, 3.8) is 0 Å².